The van der Waals surface area contributed by atoms with Crippen molar-refractivity contribution in [3.8, 4) is 5.75 Å². The zero-order valence-corrected chi connectivity index (χ0v) is 15.8. The highest BCUT2D eigenvalue weighted by Crippen LogP contribution is 2.29. The van der Waals surface area contributed by atoms with Crippen LogP contribution in [0.15, 0.2) is 59.0 Å². The van der Waals surface area contributed by atoms with Gasteiger partial charge in [-0.1, -0.05) is 30.3 Å². The van der Waals surface area contributed by atoms with Crippen LogP contribution in [0.3, 0.4) is 0 Å². The second-order valence-corrected chi connectivity index (χ2v) is 6.97. The molecule has 0 aliphatic rings. The van der Waals surface area contributed by atoms with Crippen LogP contribution in [0.2, 0.25) is 0 Å². The van der Waals surface area contributed by atoms with Crippen LogP contribution in [0.25, 0.3) is 10.2 Å². The first kappa shape index (κ1) is 17.2. The van der Waals surface area contributed by atoms with Crippen molar-refractivity contribution < 1.29 is 4.74 Å². The number of thiazole rings is 1. The molecule has 6 nitrogen and oxygen atoms in total. The second kappa shape index (κ2) is 7.20. The number of hydrogen-bond acceptors (Lipinski definition) is 6. The minimum Gasteiger partial charge on any atom is -0.490 e. The molecule has 0 saturated heterocycles. The summed E-state index contributed by atoms with van der Waals surface area (Å²) in [6.45, 7) is 2.60. The summed E-state index contributed by atoms with van der Waals surface area (Å²) >= 11 is 1.59. The lowest BCUT2D eigenvalue weighted by atomic mass is 10.2. The third-order valence-electron chi connectivity index (χ3n) is 4.37. The van der Waals surface area contributed by atoms with Gasteiger partial charge in [-0.15, -0.1) is 11.3 Å². The highest BCUT2D eigenvalue weighted by molar-refractivity contribution is 7.17. The zero-order valence-electron chi connectivity index (χ0n) is 15.0. The largest absolute Gasteiger partial charge is 0.490 e. The number of aryl methyl sites for hydroxylation is 1. The fourth-order valence-corrected chi connectivity index (χ4v) is 3.73. The van der Waals surface area contributed by atoms with Gasteiger partial charge in [-0.2, -0.15) is 4.98 Å². The number of aromatic nitrogens is 3. The Kier molecular flexibility index (Phi) is 4.60. The lowest BCUT2D eigenvalue weighted by Gasteiger charge is -2.16. The van der Waals surface area contributed by atoms with E-state index in [2.05, 4.69) is 15.3 Å². The van der Waals surface area contributed by atoms with E-state index in [0.717, 1.165) is 27.0 Å². The molecule has 4 rings (SSSR count). The molecule has 0 fully saturated rings. The van der Waals surface area contributed by atoms with Gasteiger partial charge in [-0.05, 0) is 30.2 Å². The first-order chi connectivity index (χ1) is 13.2. The molecule has 7 heteroatoms. The van der Waals surface area contributed by atoms with Gasteiger partial charge < -0.3 is 14.6 Å². The van der Waals surface area contributed by atoms with Gasteiger partial charge >= 0.3 is 5.56 Å². The molecule has 2 aromatic heterocycles. The molecule has 1 N–H and O–H groups in total. The number of nitrogens with zero attached hydrogens (tertiary/aromatic N) is 3. The van der Waals surface area contributed by atoms with Crippen molar-refractivity contribution in [3.05, 3.63) is 75.7 Å². The highest BCUT2D eigenvalue weighted by atomic mass is 32.1. The van der Waals surface area contributed by atoms with E-state index in [1.807, 2.05) is 59.5 Å². The number of anilines is 2. The number of rotatable bonds is 5. The molecule has 0 aliphatic carbocycles. The van der Waals surface area contributed by atoms with Crippen LogP contribution in [-0.4, -0.2) is 21.6 Å². The molecule has 4 aromatic rings. The number of fused-ring (bicyclic) bond motifs is 1. The topological polar surface area (TPSA) is 69.0 Å². The van der Waals surface area contributed by atoms with E-state index in [9.17, 15) is 4.79 Å². The average Bonchev–Trinajstić information content (AvgIpc) is 3.16. The van der Waals surface area contributed by atoms with Crippen LogP contribution in [0.1, 0.15) is 11.1 Å². The van der Waals surface area contributed by atoms with E-state index in [0.29, 0.717) is 12.5 Å². The summed E-state index contributed by atoms with van der Waals surface area (Å²) in [4.78, 5) is 20.8. The quantitative estimate of drug-likeness (QED) is 0.569. The Labute approximate surface area is 160 Å². The summed E-state index contributed by atoms with van der Waals surface area (Å²) in [5, 5.41) is 3.31. The maximum absolute atomic E-state index is 12.2. The minimum atomic E-state index is -0.402. The van der Waals surface area contributed by atoms with Crippen LogP contribution in [0.5, 0.6) is 5.75 Å². The normalized spacial score (nSPS) is 10.9. The van der Waals surface area contributed by atoms with E-state index in [1.54, 1.807) is 17.5 Å². The van der Waals surface area contributed by atoms with Gasteiger partial charge in [0.25, 0.3) is 0 Å². The van der Waals surface area contributed by atoms with Crippen LogP contribution in [-0.2, 0) is 6.54 Å². The lowest BCUT2D eigenvalue weighted by molar-refractivity contribution is 0.402. The molecule has 2 aromatic carbocycles. The van der Waals surface area contributed by atoms with Gasteiger partial charge in [0.1, 0.15) is 0 Å². The van der Waals surface area contributed by atoms with Crippen molar-refractivity contribution in [2.45, 2.75) is 13.5 Å². The predicted molar refractivity (Wildman–Crippen MR) is 108 cm³/mol. The highest BCUT2D eigenvalue weighted by Gasteiger charge is 2.12. The van der Waals surface area contributed by atoms with Crippen molar-refractivity contribution in [2.75, 3.05) is 12.4 Å². The number of nitrogens with one attached hydrogen (secondary N) is 1. The molecule has 136 valence electrons. The molecule has 0 atom stereocenters. The Balaban J connectivity index is 1.77. The molecule has 0 amide bonds. The molecule has 0 spiro atoms. The van der Waals surface area contributed by atoms with Gasteiger partial charge in [0.05, 0.1) is 35.6 Å². The third kappa shape index (κ3) is 3.41. The maximum Gasteiger partial charge on any atom is 0.316 e. The van der Waals surface area contributed by atoms with Crippen molar-refractivity contribution in [2.24, 2.45) is 0 Å². The first-order valence-corrected chi connectivity index (χ1v) is 9.33. The number of ether oxygens (including phenoxy) is 1. The molecule has 2 heterocycles. The summed E-state index contributed by atoms with van der Waals surface area (Å²) in [5.74, 6) is 0.683. The number of hydrogen-bond donors (Lipinski definition) is 1. The fourth-order valence-electron chi connectivity index (χ4n) is 2.93. The van der Waals surface area contributed by atoms with Gasteiger partial charge in [-0.25, -0.2) is 4.98 Å². The predicted octanol–water partition coefficient (Wildman–Crippen LogP) is 3.96. The molecule has 0 bridgehead atoms. The van der Waals surface area contributed by atoms with Gasteiger partial charge in [0, 0.05) is 5.69 Å². The molecule has 0 radical (unpaired) electrons. The van der Waals surface area contributed by atoms with Gasteiger partial charge in [0.2, 0.25) is 11.7 Å². The van der Waals surface area contributed by atoms with E-state index >= 15 is 0 Å². The molecular weight excluding hydrogens is 360 g/mol. The van der Waals surface area contributed by atoms with Crippen molar-refractivity contribution in [3.63, 3.8) is 0 Å². The number of methoxy groups -OCH3 is 1. The molecular formula is C20H18N4O2S. The van der Waals surface area contributed by atoms with E-state index in [1.165, 1.54) is 7.11 Å². The third-order valence-corrected chi connectivity index (χ3v) is 5.33. The Morgan fingerprint density at radius 3 is 2.78 bits per heavy atom. The van der Waals surface area contributed by atoms with Crippen LogP contribution >= 0.6 is 11.3 Å². The fraction of sp³-hybridized carbons (Fsp3) is 0.150. The summed E-state index contributed by atoms with van der Waals surface area (Å²) in [7, 11) is 1.47. The Morgan fingerprint density at radius 2 is 2.00 bits per heavy atom. The maximum atomic E-state index is 12.2. The Bertz CT molecular complexity index is 1150. The van der Waals surface area contributed by atoms with E-state index < -0.39 is 5.56 Å². The first-order valence-electron chi connectivity index (χ1n) is 8.45. The van der Waals surface area contributed by atoms with Crippen molar-refractivity contribution in [1.82, 2.24) is 14.5 Å². The molecule has 27 heavy (non-hydrogen) atoms. The molecule has 0 aliphatic heterocycles. The van der Waals surface area contributed by atoms with Gasteiger partial charge in [-0.3, -0.25) is 4.79 Å². The smallest absolute Gasteiger partial charge is 0.316 e. The second-order valence-electron chi connectivity index (χ2n) is 6.12. The summed E-state index contributed by atoms with van der Waals surface area (Å²) in [5.41, 5.74) is 5.46. The van der Waals surface area contributed by atoms with E-state index in [-0.39, 0.29) is 5.75 Å². The Hall–Kier alpha value is -3.19. The summed E-state index contributed by atoms with van der Waals surface area (Å²) < 4.78 is 8.17. The van der Waals surface area contributed by atoms with Crippen LogP contribution in [0, 0.1) is 6.92 Å². The molecule has 0 saturated carbocycles. The zero-order chi connectivity index (χ0) is 18.8. The standard InChI is InChI=1S/C20H18N4O2S/c1-13-15(8-9-16-18(13)27-12-21-16)22-20-23-19(25)17(26-2)11-24(20)10-14-6-4-3-5-7-14/h3-9,11-12H,10H2,1-2H3,(H,22,23,25). The lowest BCUT2D eigenvalue weighted by Crippen LogP contribution is -2.19. The average molecular weight is 378 g/mol. The monoisotopic (exact) mass is 378 g/mol. The van der Waals surface area contributed by atoms with Crippen molar-refractivity contribution in [1.29, 1.82) is 0 Å². The minimum absolute atomic E-state index is 0.214. The SMILES string of the molecule is COc1cn(Cc2ccccc2)c(Nc2ccc3ncsc3c2C)nc1=O. The number of benzene rings is 2. The van der Waals surface area contributed by atoms with Crippen LogP contribution in [0.4, 0.5) is 11.6 Å². The van der Waals surface area contributed by atoms with E-state index in [4.69, 9.17) is 4.74 Å². The molecule has 0 unspecified atom stereocenters. The summed E-state index contributed by atoms with van der Waals surface area (Å²) in [6, 6.07) is 13.9. The van der Waals surface area contributed by atoms with Crippen LogP contribution < -0.4 is 15.6 Å². The van der Waals surface area contributed by atoms with Crippen molar-refractivity contribution >= 4 is 33.2 Å². The van der Waals surface area contributed by atoms with Gasteiger partial charge in [0.15, 0.2) is 0 Å². The Morgan fingerprint density at radius 1 is 1.19 bits per heavy atom. The summed E-state index contributed by atoms with van der Waals surface area (Å²) in [6.07, 6.45) is 1.69.